The first-order chi connectivity index (χ1) is 9.29. The maximum Gasteiger partial charge on any atom is 0.391 e. The van der Waals surface area contributed by atoms with Crippen LogP contribution in [0, 0.1) is 11.3 Å². The summed E-state index contributed by atoms with van der Waals surface area (Å²) in [6.07, 6.45) is -1.84. The minimum absolute atomic E-state index is 0.0995. The summed E-state index contributed by atoms with van der Waals surface area (Å²) in [5.41, 5.74) is 5.12. The Balaban J connectivity index is 2.53. The Morgan fingerprint density at radius 3 is 2.00 bits per heavy atom. The highest BCUT2D eigenvalue weighted by atomic mass is 19.4. The Bertz CT molecular complexity index is 311. The Kier molecular flexibility index (Phi) is 5.86. The van der Waals surface area contributed by atoms with Gasteiger partial charge in [0.2, 0.25) is 5.91 Å². The van der Waals surface area contributed by atoms with Crippen LogP contribution in [0.5, 0.6) is 0 Å². The summed E-state index contributed by atoms with van der Waals surface area (Å²) in [5.74, 6) is -1.33. The second-order valence-corrected chi connectivity index (χ2v) is 5.76. The van der Waals surface area contributed by atoms with Gasteiger partial charge < -0.3 is 11.1 Å². The molecule has 6 heteroatoms. The van der Waals surface area contributed by atoms with E-state index in [1.807, 2.05) is 13.8 Å². The highest BCUT2D eigenvalue weighted by Gasteiger charge is 2.42. The molecule has 118 valence electrons. The molecule has 0 radical (unpaired) electrons. The van der Waals surface area contributed by atoms with Crippen molar-refractivity contribution in [1.82, 2.24) is 5.32 Å². The standard InChI is InChI=1S/C14H25F3N2O/c1-3-13(4-2,9-18)12(20)19-11-7-5-10(6-8-11)14(15,16)17/h10-11H,3-9,18H2,1-2H3,(H,19,20). The fraction of sp³-hybridized carbons (Fsp3) is 0.929. The number of rotatable bonds is 5. The zero-order chi connectivity index (χ0) is 15.4. The number of carbonyl (C=O) groups is 1. The molecule has 0 aromatic rings. The van der Waals surface area contributed by atoms with Crippen LogP contribution in [0.1, 0.15) is 52.4 Å². The van der Waals surface area contributed by atoms with Gasteiger partial charge in [0.25, 0.3) is 0 Å². The molecule has 20 heavy (non-hydrogen) atoms. The highest BCUT2D eigenvalue weighted by Crippen LogP contribution is 2.37. The van der Waals surface area contributed by atoms with Gasteiger partial charge in [0.05, 0.1) is 11.3 Å². The SMILES string of the molecule is CCC(CC)(CN)C(=O)NC1CCC(C(F)(F)F)CC1. The van der Waals surface area contributed by atoms with Gasteiger partial charge in [-0.05, 0) is 38.5 Å². The van der Waals surface area contributed by atoms with Crippen LogP contribution in [0.3, 0.4) is 0 Å². The maximum absolute atomic E-state index is 12.6. The van der Waals surface area contributed by atoms with E-state index in [1.54, 1.807) is 0 Å². The van der Waals surface area contributed by atoms with Crippen LogP contribution in [0.4, 0.5) is 13.2 Å². The molecular weight excluding hydrogens is 269 g/mol. The molecule has 1 rings (SSSR count). The predicted molar refractivity (Wildman–Crippen MR) is 72.0 cm³/mol. The first-order valence-electron chi connectivity index (χ1n) is 7.36. The molecule has 0 atom stereocenters. The minimum atomic E-state index is -4.11. The van der Waals surface area contributed by atoms with E-state index in [4.69, 9.17) is 5.73 Å². The average Bonchev–Trinajstić information content (AvgIpc) is 2.41. The molecule has 1 aliphatic carbocycles. The number of carbonyl (C=O) groups excluding carboxylic acids is 1. The van der Waals surface area contributed by atoms with E-state index in [2.05, 4.69) is 5.32 Å². The van der Waals surface area contributed by atoms with E-state index in [9.17, 15) is 18.0 Å². The van der Waals surface area contributed by atoms with Gasteiger partial charge in [0.15, 0.2) is 0 Å². The van der Waals surface area contributed by atoms with Crippen LogP contribution in [0.25, 0.3) is 0 Å². The van der Waals surface area contributed by atoms with Gasteiger partial charge in [0.1, 0.15) is 0 Å². The van der Waals surface area contributed by atoms with Gasteiger partial charge in [0, 0.05) is 12.6 Å². The molecule has 0 spiro atoms. The van der Waals surface area contributed by atoms with Crippen molar-refractivity contribution < 1.29 is 18.0 Å². The van der Waals surface area contributed by atoms with Gasteiger partial charge in [-0.15, -0.1) is 0 Å². The van der Waals surface area contributed by atoms with Gasteiger partial charge in [-0.25, -0.2) is 0 Å². The van der Waals surface area contributed by atoms with E-state index in [0.717, 1.165) is 0 Å². The quantitative estimate of drug-likeness (QED) is 0.819. The summed E-state index contributed by atoms with van der Waals surface area (Å²) in [6.45, 7) is 4.09. The number of amides is 1. The lowest BCUT2D eigenvalue weighted by Gasteiger charge is -2.34. The molecule has 0 bridgehead atoms. The monoisotopic (exact) mass is 294 g/mol. The average molecular weight is 294 g/mol. The first-order valence-corrected chi connectivity index (χ1v) is 7.36. The molecule has 0 heterocycles. The Hall–Kier alpha value is -0.780. The number of nitrogens with two attached hydrogens (primary N) is 1. The molecule has 3 N–H and O–H groups in total. The van der Waals surface area contributed by atoms with Crippen molar-refractivity contribution >= 4 is 5.91 Å². The maximum atomic E-state index is 12.6. The van der Waals surface area contributed by atoms with E-state index >= 15 is 0 Å². The topological polar surface area (TPSA) is 55.1 Å². The van der Waals surface area contributed by atoms with E-state index in [0.29, 0.717) is 25.7 Å². The molecule has 0 aliphatic heterocycles. The summed E-state index contributed by atoms with van der Waals surface area (Å²) in [4.78, 5) is 12.3. The Labute approximate surface area is 118 Å². The molecule has 3 nitrogen and oxygen atoms in total. The summed E-state index contributed by atoms with van der Waals surface area (Å²) < 4.78 is 37.7. The van der Waals surface area contributed by atoms with E-state index in [1.165, 1.54) is 0 Å². The fourth-order valence-electron chi connectivity index (χ4n) is 2.86. The third-order valence-electron chi connectivity index (χ3n) is 4.75. The lowest BCUT2D eigenvalue weighted by Crippen LogP contribution is -2.50. The van der Waals surface area contributed by atoms with Crippen molar-refractivity contribution in [1.29, 1.82) is 0 Å². The molecule has 1 saturated carbocycles. The van der Waals surface area contributed by atoms with Crippen LogP contribution < -0.4 is 11.1 Å². The summed E-state index contributed by atoms with van der Waals surface area (Å²) >= 11 is 0. The summed E-state index contributed by atoms with van der Waals surface area (Å²) in [6, 6.07) is -0.148. The summed E-state index contributed by atoms with van der Waals surface area (Å²) in [7, 11) is 0. The lowest BCUT2D eigenvalue weighted by molar-refractivity contribution is -0.182. The predicted octanol–water partition coefficient (Wildman–Crippen LogP) is 2.99. The molecule has 0 unspecified atom stereocenters. The smallest absolute Gasteiger partial charge is 0.353 e. The number of halogens is 3. The fourth-order valence-corrected chi connectivity index (χ4v) is 2.86. The number of nitrogens with one attached hydrogen (secondary N) is 1. The van der Waals surface area contributed by atoms with Crippen molar-refractivity contribution in [3.05, 3.63) is 0 Å². The number of hydrogen-bond acceptors (Lipinski definition) is 2. The highest BCUT2D eigenvalue weighted by molar-refractivity contribution is 5.83. The van der Waals surface area contributed by atoms with Gasteiger partial charge in [-0.2, -0.15) is 13.2 Å². The molecule has 0 aromatic heterocycles. The molecule has 1 amide bonds. The first kappa shape index (κ1) is 17.3. The molecule has 1 fully saturated rings. The summed E-state index contributed by atoms with van der Waals surface area (Å²) in [5, 5.41) is 2.90. The Morgan fingerprint density at radius 2 is 1.65 bits per heavy atom. The molecule has 1 aliphatic rings. The third kappa shape index (κ3) is 3.87. The molecule has 0 saturated heterocycles. The van der Waals surface area contributed by atoms with Gasteiger partial charge >= 0.3 is 6.18 Å². The number of hydrogen-bond donors (Lipinski definition) is 2. The minimum Gasteiger partial charge on any atom is -0.353 e. The largest absolute Gasteiger partial charge is 0.391 e. The second-order valence-electron chi connectivity index (χ2n) is 5.76. The van der Waals surface area contributed by atoms with Crippen molar-refractivity contribution in [2.24, 2.45) is 17.1 Å². The zero-order valence-corrected chi connectivity index (χ0v) is 12.2. The molecular formula is C14H25F3N2O. The van der Waals surface area contributed by atoms with Crippen LogP contribution in [0.2, 0.25) is 0 Å². The van der Waals surface area contributed by atoms with Gasteiger partial charge in [-0.3, -0.25) is 4.79 Å². The van der Waals surface area contributed by atoms with Crippen LogP contribution in [0.15, 0.2) is 0 Å². The zero-order valence-electron chi connectivity index (χ0n) is 12.2. The van der Waals surface area contributed by atoms with Crippen molar-refractivity contribution in [3.63, 3.8) is 0 Å². The molecule has 0 aromatic carbocycles. The number of alkyl halides is 3. The second kappa shape index (κ2) is 6.78. The Morgan fingerprint density at radius 1 is 1.15 bits per heavy atom. The third-order valence-corrected chi connectivity index (χ3v) is 4.75. The normalized spacial score (nSPS) is 24.5. The van der Waals surface area contributed by atoms with Crippen LogP contribution in [-0.2, 0) is 4.79 Å². The van der Waals surface area contributed by atoms with E-state index in [-0.39, 0.29) is 31.3 Å². The van der Waals surface area contributed by atoms with Crippen molar-refractivity contribution in [2.75, 3.05) is 6.54 Å². The van der Waals surface area contributed by atoms with E-state index < -0.39 is 17.5 Å². The van der Waals surface area contributed by atoms with Crippen LogP contribution >= 0.6 is 0 Å². The van der Waals surface area contributed by atoms with Crippen molar-refractivity contribution in [3.8, 4) is 0 Å². The van der Waals surface area contributed by atoms with Gasteiger partial charge in [-0.1, -0.05) is 13.8 Å². The lowest BCUT2D eigenvalue weighted by atomic mass is 9.80. The van der Waals surface area contributed by atoms with Crippen LogP contribution in [-0.4, -0.2) is 24.7 Å². The van der Waals surface area contributed by atoms with Crippen molar-refractivity contribution in [2.45, 2.75) is 64.6 Å².